The molecule has 2 atom stereocenters. The standard InChI is InChI=1S/C23H27NO6/c1-15(24-22(28)30-23(2,3)4)21(27)20(16-8-6-5-7-9-16)17-10-12-18(13-11-17)29-14-19(25)26/h5-13,15,20H,14H2,1-4H3,(H,24,28)(H,25,26)/t15-,20-/m0/s1. The van der Waals surface area contributed by atoms with E-state index < -0.39 is 36.2 Å². The number of aliphatic carboxylic acids is 1. The molecule has 0 unspecified atom stereocenters. The molecule has 2 rings (SSSR count). The summed E-state index contributed by atoms with van der Waals surface area (Å²) in [5.41, 5.74) is 0.809. The largest absolute Gasteiger partial charge is 0.482 e. The smallest absolute Gasteiger partial charge is 0.408 e. The molecule has 7 heteroatoms. The van der Waals surface area contributed by atoms with Gasteiger partial charge in [0.05, 0.1) is 12.0 Å². The predicted octanol–water partition coefficient (Wildman–Crippen LogP) is 3.76. The first-order valence-electron chi connectivity index (χ1n) is 9.59. The molecule has 0 aliphatic heterocycles. The Balaban J connectivity index is 2.24. The highest BCUT2D eigenvalue weighted by Gasteiger charge is 2.29. The summed E-state index contributed by atoms with van der Waals surface area (Å²) in [6.07, 6.45) is -0.660. The fraction of sp³-hybridized carbons (Fsp3) is 0.348. The third kappa shape index (κ3) is 6.92. The number of benzene rings is 2. The van der Waals surface area contributed by atoms with Crippen molar-refractivity contribution >= 4 is 17.8 Å². The van der Waals surface area contributed by atoms with Crippen LogP contribution < -0.4 is 10.1 Å². The summed E-state index contributed by atoms with van der Waals surface area (Å²) in [5, 5.41) is 11.3. The minimum atomic E-state index is -1.07. The van der Waals surface area contributed by atoms with Gasteiger partial charge in [-0.1, -0.05) is 42.5 Å². The zero-order chi connectivity index (χ0) is 22.3. The number of amides is 1. The molecular formula is C23H27NO6. The highest BCUT2D eigenvalue weighted by Crippen LogP contribution is 2.28. The first-order valence-corrected chi connectivity index (χ1v) is 9.59. The maximum absolute atomic E-state index is 13.3. The van der Waals surface area contributed by atoms with Gasteiger partial charge in [-0.25, -0.2) is 9.59 Å². The van der Waals surface area contributed by atoms with Crippen LogP contribution in [0, 0.1) is 0 Å². The summed E-state index contributed by atoms with van der Waals surface area (Å²) in [7, 11) is 0. The Morgan fingerprint density at radius 2 is 1.53 bits per heavy atom. The number of nitrogens with one attached hydrogen (secondary N) is 1. The van der Waals surface area contributed by atoms with Gasteiger partial charge in [0.15, 0.2) is 12.4 Å². The SMILES string of the molecule is C[C@H](NC(=O)OC(C)(C)C)C(=O)[C@@H](c1ccccc1)c1ccc(OCC(=O)O)cc1. The number of carboxylic acids is 1. The predicted molar refractivity (Wildman–Crippen MR) is 112 cm³/mol. The van der Waals surface area contributed by atoms with E-state index in [-0.39, 0.29) is 5.78 Å². The van der Waals surface area contributed by atoms with Crippen molar-refractivity contribution in [1.82, 2.24) is 5.32 Å². The number of Topliss-reactive ketones (excluding diaryl/α,β-unsaturated/α-hetero) is 1. The Labute approximate surface area is 176 Å². The van der Waals surface area contributed by atoms with E-state index >= 15 is 0 Å². The molecule has 0 aliphatic rings. The monoisotopic (exact) mass is 413 g/mol. The van der Waals surface area contributed by atoms with Gasteiger partial charge in [0, 0.05) is 0 Å². The van der Waals surface area contributed by atoms with Crippen LogP contribution in [0.15, 0.2) is 54.6 Å². The summed E-state index contributed by atoms with van der Waals surface area (Å²) >= 11 is 0. The molecule has 0 bridgehead atoms. The van der Waals surface area contributed by atoms with Crippen LogP contribution in [0.1, 0.15) is 44.7 Å². The lowest BCUT2D eigenvalue weighted by Gasteiger charge is -2.24. The minimum absolute atomic E-state index is 0.203. The molecule has 2 aromatic rings. The zero-order valence-electron chi connectivity index (χ0n) is 17.5. The van der Waals surface area contributed by atoms with Gasteiger partial charge >= 0.3 is 12.1 Å². The van der Waals surface area contributed by atoms with E-state index in [0.717, 1.165) is 5.56 Å². The molecule has 0 saturated heterocycles. The zero-order valence-corrected chi connectivity index (χ0v) is 17.5. The molecule has 1 amide bonds. The molecule has 0 heterocycles. The van der Waals surface area contributed by atoms with Crippen LogP contribution >= 0.6 is 0 Å². The minimum Gasteiger partial charge on any atom is -0.482 e. The van der Waals surface area contributed by atoms with Crippen molar-refractivity contribution in [1.29, 1.82) is 0 Å². The van der Waals surface area contributed by atoms with Gasteiger partial charge in [0.2, 0.25) is 0 Å². The second-order valence-corrected chi connectivity index (χ2v) is 7.87. The topological polar surface area (TPSA) is 102 Å². The van der Waals surface area contributed by atoms with Crippen LogP contribution in [0.5, 0.6) is 5.75 Å². The van der Waals surface area contributed by atoms with Crippen LogP contribution in [-0.2, 0) is 14.3 Å². The average molecular weight is 413 g/mol. The second kappa shape index (κ2) is 9.91. The molecule has 2 aromatic carbocycles. The third-order valence-electron chi connectivity index (χ3n) is 4.15. The van der Waals surface area contributed by atoms with Crippen LogP contribution in [0.25, 0.3) is 0 Å². The van der Waals surface area contributed by atoms with Crippen molar-refractivity contribution in [3.05, 3.63) is 65.7 Å². The van der Waals surface area contributed by atoms with Crippen LogP contribution in [0.3, 0.4) is 0 Å². The fourth-order valence-corrected chi connectivity index (χ4v) is 2.87. The molecule has 0 saturated carbocycles. The van der Waals surface area contributed by atoms with Gasteiger partial charge in [0.1, 0.15) is 11.4 Å². The van der Waals surface area contributed by atoms with Crippen molar-refractivity contribution < 1.29 is 29.0 Å². The molecule has 0 radical (unpaired) electrons. The van der Waals surface area contributed by atoms with Crippen molar-refractivity contribution in [2.24, 2.45) is 0 Å². The van der Waals surface area contributed by atoms with Crippen molar-refractivity contribution in [3.63, 3.8) is 0 Å². The summed E-state index contributed by atoms with van der Waals surface area (Å²) in [4.78, 5) is 36.0. The Bertz CT molecular complexity index is 871. The van der Waals surface area contributed by atoms with Gasteiger partial charge in [-0.2, -0.15) is 0 Å². The number of carbonyl (C=O) groups is 3. The molecule has 0 spiro atoms. The number of carboxylic acid groups (broad SMARTS) is 1. The highest BCUT2D eigenvalue weighted by molar-refractivity contribution is 5.95. The summed E-state index contributed by atoms with van der Waals surface area (Å²) in [5.74, 6) is -1.50. The lowest BCUT2D eigenvalue weighted by molar-refractivity contribution is -0.139. The van der Waals surface area contributed by atoms with E-state index in [1.165, 1.54) is 0 Å². The summed E-state index contributed by atoms with van der Waals surface area (Å²) in [6.45, 7) is 6.42. The van der Waals surface area contributed by atoms with Gasteiger partial charge in [0.25, 0.3) is 0 Å². The number of ether oxygens (including phenoxy) is 2. The molecule has 30 heavy (non-hydrogen) atoms. The molecular weight excluding hydrogens is 386 g/mol. The number of hydrogen-bond acceptors (Lipinski definition) is 5. The van der Waals surface area contributed by atoms with E-state index in [9.17, 15) is 14.4 Å². The number of hydrogen-bond donors (Lipinski definition) is 2. The quantitative estimate of drug-likeness (QED) is 0.683. The van der Waals surface area contributed by atoms with Crippen molar-refractivity contribution in [2.75, 3.05) is 6.61 Å². The Morgan fingerprint density at radius 3 is 2.07 bits per heavy atom. The lowest BCUT2D eigenvalue weighted by atomic mass is 9.85. The first-order chi connectivity index (χ1) is 14.1. The van der Waals surface area contributed by atoms with Crippen LogP contribution in [-0.4, -0.2) is 41.2 Å². The van der Waals surface area contributed by atoms with Gasteiger partial charge < -0.3 is 19.9 Å². The third-order valence-corrected chi connectivity index (χ3v) is 4.15. The Hall–Kier alpha value is -3.35. The van der Waals surface area contributed by atoms with Crippen molar-refractivity contribution in [2.45, 2.75) is 45.3 Å². The summed E-state index contributed by atoms with van der Waals surface area (Å²) < 4.78 is 10.4. The van der Waals surface area contributed by atoms with Gasteiger partial charge in [-0.3, -0.25) is 4.79 Å². The fourth-order valence-electron chi connectivity index (χ4n) is 2.87. The van der Waals surface area contributed by atoms with E-state index in [2.05, 4.69) is 5.32 Å². The van der Waals surface area contributed by atoms with E-state index in [1.807, 2.05) is 30.3 Å². The number of ketones is 1. The average Bonchev–Trinajstić information content (AvgIpc) is 2.66. The maximum atomic E-state index is 13.3. The normalized spacial score (nSPS) is 13.1. The van der Waals surface area contributed by atoms with E-state index in [0.29, 0.717) is 11.3 Å². The maximum Gasteiger partial charge on any atom is 0.408 e. The number of carbonyl (C=O) groups excluding carboxylic acids is 2. The summed E-state index contributed by atoms with van der Waals surface area (Å²) in [6, 6.07) is 15.1. The molecule has 0 aliphatic carbocycles. The van der Waals surface area contributed by atoms with Gasteiger partial charge in [-0.15, -0.1) is 0 Å². The Kier molecular flexibility index (Phi) is 7.58. The lowest BCUT2D eigenvalue weighted by Crippen LogP contribution is -2.43. The van der Waals surface area contributed by atoms with E-state index in [1.54, 1.807) is 52.0 Å². The molecule has 0 fully saturated rings. The molecule has 0 aromatic heterocycles. The highest BCUT2D eigenvalue weighted by atomic mass is 16.6. The van der Waals surface area contributed by atoms with Crippen molar-refractivity contribution in [3.8, 4) is 5.75 Å². The Morgan fingerprint density at radius 1 is 0.967 bits per heavy atom. The molecule has 2 N–H and O–H groups in total. The van der Waals surface area contributed by atoms with E-state index in [4.69, 9.17) is 14.6 Å². The molecule has 7 nitrogen and oxygen atoms in total. The molecule has 160 valence electrons. The number of rotatable bonds is 8. The van der Waals surface area contributed by atoms with Gasteiger partial charge in [-0.05, 0) is 51.0 Å². The first kappa shape index (κ1) is 22.9. The number of alkyl carbamates (subject to hydrolysis) is 1. The van der Waals surface area contributed by atoms with Crippen LogP contribution in [0.4, 0.5) is 4.79 Å². The van der Waals surface area contributed by atoms with Crippen LogP contribution in [0.2, 0.25) is 0 Å². The second-order valence-electron chi connectivity index (χ2n) is 7.87.